The first-order valence-corrected chi connectivity index (χ1v) is 7.03. The second-order valence-corrected chi connectivity index (χ2v) is 4.57. The molecule has 0 N–H and O–H groups in total. The van der Waals surface area contributed by atoms with Crippen LogP contribution in [0.4, 0.5) is 0 Å². The van der Waals surface area contributed by atoms with Crippen molar-refractivity contribution >= 4 is 0 Å². The minimum absolute atomic E-state index is 1.31. The smallest absolute Gasteiger partial charge is 0.0320 e. The summed E-state index contributed by atoms with van der Waals surface area (Å²) in [5, 5.41) is 0. The third-order valence-electron chi connectivity index (χ3n) is 2.91. The Balaban J connectivity index is 3.63. The summed E-state index contributed by atoms with van der Waals surface area (Å²) in [6.07, 6.45) is 16.1. The third kappa shape index (κ3) is 10.0. The summed E-state index contributed by atoms with van der Waals surface area (Å²) in [5.41, 5.74) is 1.72. The van der Waals surface area contributed by atoms with E-state index in [0.717, 1.165) is 0 Å². The zero-order chi connectivity index (χ0) is 11.4. The first-order chi connectivity index (χ1) is 7.35. The summed E-state index contributed by atoms with van der Waals surface area (Å²) < 4.78 is 0. The molecule has 0 heterocycles. The van der Waals surface area contributed by atoms with Gasteiger partial charge in [0.25, 0.3) is 0 Å². The van der Waals surface area contributed by atoms with Crippen LogP contribution in [0.2, 0.25) is 0 Å². The van der Waals surface area contributed by atoms with Crippen LogP contribution < -0.4 is 0 Å². The van der Waals surface area contributed by atoms with Gasteiger partial charge in [-0.1, -0.05) is 64.5 Å². The highest BCUT2D eigenvalue weighted by Gasteiger charge is 1.95. The molecule has 0 rings (SSSR count). The molecule has 0 heteroatoms. The molecule has 0 fully saturated rings. The predicted octanol–water partition coefficient (Wildman–Crippen LogP) is 5.87. The molecule has 0 spiro atoms. The van der Waals surface area contributed by atoms with Crippen molar-refractivity contribution in [3.8, 4) is 0 Å². The largest absolute Gasteiger partial charge is 0.0853 e. The molecule has 0 aromatic rings. The average molecular weight is 210 g/mol. The number of hydrogen-bond acceptors (Lipinski definition) is 0. The summed E-state index contributed by atoms with van der Waals surface area (Å²) in [6, 6.07) is 0. The lowest BCUT2D eigenvalue weighted by atomic mass is 10.0. The molecule has 0 nitrogen and oxygen atoms in total. The molecule has 0 aliphatic carbocycles. The Morgan fingerprint density at radius 2 is 1.47 bits per heavy atom. The summed E-state index contributed by atoms with van der Waals surface area (Å²) in [5.74, 6) is 0. The van der Waals surface area contributed by atoms with E-state index in [2.05, 4.69) is 26.8 Å². The van der Waals surface area contributed by atoms with E-state index in [0.29, 0.717) is 0 Å². The van der Waals surface area contributed by atoms with Gasteiger partial charge in [0.1, 0.15) is 0 Å². The van der Waals surface area contributed by atoms with Crippen LogP contribution in [0.5, 0.6) is 0 Å². The van der Waals surface area contributed by atoms with E-state index < -0.39 is 0 Å². The van der Waals surface area contributed by atoms with E-state index in [1.54, 1.807) is 5.57 Å². The van der Waals surface area contributed by atoms with Crippen molar-refractivity contribution in [3.63, 3.8) is 0 Å². The van der Waals surface area contributed by atoms with Crippen molar-refractivity contribution in [3.05, 3.63) is 11.6 Å². The van der Waals surface area contributed by atoms with Gasteiger partial charge in [-0.3, -0.25) is 0 Å². The number of allylic oxidation sites excluding steroid dienone is 2. The maximum absolute atomic E-state index is 2.52. The van der Waals surface area contributed by atoms with Gasteiger partial charge in [0.05, 0.1) is 0 Å². The highest BCUT2D eigenvalue weighted by Crippen LogP contribution is 2.15. The second-order valence-electron chi connectivity index (χ2n) is 4.57. The standard InChI is InChI=1S/C15H30/c1-4-7-9-10-11-14-15(12-6-3)13-8-5-2/h14H,4-13H2,1-3H3. The molecule has 0 saturated carbocycles. The van der Waals surface area contributed by atoms with Gasteiger partial charge in [0.15, 0.2) is 0 Å². The van der Waals surface area contributed by atoms with Gasteiger partial charge in [-0.15, -0.1) is 0 Å². The molecule has 0 aromatic heterocycles. The van der Waals surface area contributed by atoms with E-state index in [9.17, 15) is 0 Å². The molecule has 0 atom stereocenters. The van der Waals surface area contributed by atoms with Gasteiger partial charge < -0.3 is 0 Å². The lowest BCUT2D eigenvalue weighted by Gasteiger charge is -2.05. The average Bonchev–Trinajstić information content (AvgIpc) is 2.25. The fourth-order valence-corrected chi connectivity index (χ4v) is 1.93. The maximum Gasteiger partial charge on any atom is -0.0320 e. The van der Waals surface area contributed by atoms with Crippen molar-refractivity contribution in [1.29, 1.82) is 0 Å². The summed E-state index contributed by atoms with van der Waals surface area (Å²) >= 11 is 0. The van der Waals surface area contributed by atoms with Crippen LogP contribution >= 0.6 is 0 Å². The Morgan fingerprint density at radius 3 is 2.07 bits per heavy atom. The fourth-order valence-electron chi connectivity index (χ4n) is 1.93. The summed E-state index contributed by atoms with van der Waals surface area (Å²) in [6.45, 7) is 6.85. The van der Waals surface area contributed by atoms with E-state index >= 15 is 0 Å². The molecule has 0 aromatic carbocycles. The molecule has 0 saturated heterocycles. The normalized spacial score (nSPS) is 12.1. The molecule has 15 heavy (non-hydrogen) atoms. The first kappa shape index (κ1) is 14.7. The highest BCUT2D eigenvalue weighted by molar-refractivity contribution is 5.01. The van der Waals surface area contributed by atoms with Crippen molar-refractivity contribution in [2.24, 2.45) is 0 Å². The quantitative estimate of drug-likeness (QED) is 0.312. The van der Waals surface area contributed by atoms with Crippen molar-refractivity contribution in [2.75, 3.05) is 0 Å². The Morgan fingerprint density at radius 1 is 0.733 bits per heavy atom. The molecule has 0 amide bonds. The Hall–Kier alpha value is -0.260. The van der Waals surface area contributed by atoms with Gasteiger partial charge >= 0.3 is 0 Å². The zero-order valence-corrected chi connectivity index (χ0v) is 11.1. The van der Waals surface area contributed by atoms with Crippen LogP contribution in [0.25, 0.3) is 0 Å². The number of hydrogen-bond donors (Lipinski definition) is 0. The molecule has 0 bridgehead atoms. The molecule has 90 valence electrons. The van der Waals surface area contributed by atoms with Crippen LogP contribution in [0.1, 0.15) is 85.0 Å². The first-order valence-electron chi connectivity index (χ1n) is 7.03. The topological polar surface area (TPSA) is 0 Å². The van der Waals surface area contributed by atoms with Gasteiger partial charge in [0, 0.05) is 0 Å². The molecule has 0 aliphatic rings. The van der Waals surface area contributed by atoms with Crippen molar-refractivity contribution in [2.45, 2.75) is 85.0 Å². The Kier molecular flexibility index (Phi) is 11.6. The van der Waals surface area contributed by atoms with Crippen LogP contribution in [0, 0.1) is 0 Å². The molecule has 0 aliphatic heterocycles. The highest BCUT2D eigenvalue weighted by atomic mass is 14.0. The van der Waals surface area contributed by atoms with Gasteiger partial charge in [-0.05, 0) is 32.1 Å². The van der Waals surface area contributed by atoms with Crippen molar-refractivity contribution < 1.29 is 0 Å². The van der Waals surface area contributed by atoms with Crippen LogP contribution in [-0.2, 0) is 0 Å². The summed E-state index contributed by atoms with van der Waals surface area (Å²) in [7, 11) is 0. The molecule has 0 radical (unpaired) electrons. The Labute approximate surface area is 97.2 Å². The van der Waals surface area contributed by atoms with Crippen LogP contribution in [0.15, 0.2) is 11.6 Å². The predicted molar refractivity (Wildman–Crippen MR) is 71.3 cm³/mol. The van der Waals surface area contributed by atoms with E-state index in [4.69, 9.17) is 0 Å². The SMILES string of the molecule is CCCCCCC=C(CCC)CCCC. The third-order valence-corrected chi connectivity index (χ3v) is 2.91. The zero-order valence-electron chi connectivity index (χ0n) is 11.1. The number of rotatable bonds is 10. The lowest BCUT2D eigenvalue weighted by molar-refractivity contribution is 0.667. The Bertz CT molecular complexity index is 144. The van der Waals surface area contributed by atoms with Crippen LogP contribution in [0.3, 0.4) is 0 Å². The molecular weight excluding hydrogens is 180 g/mol. The maximum atomic E-state index is 2.52. The lowest BCUT2D eigenvalue weighted by Crippen LogP contribution is -1.85. The minimum Gasteiger partial charge on any atom is -0.0853 e. The number of unbranched alkanes of at least 4 members (excludes halogenated alkanes) is 5. The van der Waals surface area contributed by atoms with Crippen LogP contribution in [-0.4, -0.2) is 0 Å². The fraction of sp³-hybridized carbons (Fsp3) is 0.867. The van der Waals surface area contributed by atoms with Gasteiger partial charge in [0.2, 0.25) is 0 Å². The second kappa shape index (κ2) is 11.8. The van der Waals surface area contributed by atoms with E-state index in [-0.39, 0.29) is 0 Å². The monoisotopic (exact) mass is 210 g/mol. The summed E-state index contributed by atoms with van der Waals surface area (Å²) in [4.78, 5) is 0. The minimum atomic E-state index is 1.31. The molecular formula is C15H30. The van der Waals surface area contributed by atoms with Gasteiger partial charge in [-0.25, -0.2) is 0 Å². The molecule has 0 unspecified atom stereocenters. The van der Waals surface area contributed by atoms with Crippen molar-refractivity contribution in [1.82, 2.24) is 0 Å². The van der Waals surface area contributed by atoms with E-state index in [1.165, 1.54) is 64.2 Å². The van der Waals surface area contributed by atoms with Gasteiger partial charge in [-0.2, -0.15) is 0 Å². The van der Waals surface area contributed by atoms with E-state index in [1.807, 2.05) is 0 Å².